The zero-order valence-corrected chi connectivity index (χ0v) is 24.8. The van der Waals surface area contributed by atoms with Gasteiger partial charge < -0.3 is 9.97 Å². The maximum Gasteiger partial charge on any atom is 0.0726 e. The Morgan fingerprint density at radius 3 is 1.77 bits per heavy atom. The van der Waals surface area contributed by atoms with Crippen LogP contribution in [0.1, 0.15) is 117 Å². The molecule has 3 aliphatic rings. The molecule has 3 aromatic rings. The minimum absolute atomic E-state index is 0.979. The maximum absolute atomic E-state index is 5.39. The van der Waals surface area contributed by atoms with Gasteiger partial charge in [0.1, 0.15) is 0 Å². The minimum Gasteiger partial charge on any atom is -0.355 e. The number of aromatic amines is 2. The monoisotopic (exact) mass is 518 g/mol. The normalized spacial score (nSPS) is 15.7. The molecule has 0 spiro atoms. The van der Waals surface area contributed by atoms with Gasteiger partial charge in [-0.25, -0.2) is 9.97 Å². The van der Waals surface area contributed by atoms with Crippen LogP contribution in [0.5, 0.6) is 0 Å². The number of nitrogens with one attached hydrogen (secondary N) is 2. The predicted molar refractivity (Wildman–Crippen MR) is 167 cm³/mol. The van der Waals surface area contributed by atoms with Gasteiger partial charge in [-0.1, -0.05) is 27.2 Å². The summed E-state index contributed by atoms with van der Waals surface area (Å²) in [4.78, 5) is 18.3. The van der Waals surface area contributed by atoms with E-state index in [9.17, 15) is 0 Å². The van der Waals surface area contributed by atoms with Crippen molar-refractivity contribution in [3.8, 4) is 0 Å². The van der Waals surface area contributed by atoms with Crippen LogP contribution < -0.4 is 0 Å². The second-order valence-corrected chi connectivity index (χ2v) is 11.5. The van der Waals surface area contributed by atoms with Crippen molar-refractivity contribution in [3.05, 3.63) is 68.8 Å². The largest absolute Gasteiger partial charge is 0.355 e. The molecule has 0 aromatic carbocycles. The Morgan fingerprint density at radius 1 is 0.615 bits per heavy atom. The Morgan fingerprint density at radius 2 is 1.18 bits per heavy atom. The van der Waals surface area contributed by atoms with Crippen molar-refractivity contribution in [1.82, 2.24) is 19.9 Å². The fraction of sp³-hybridized carbons (Fsp3) is 0.429. The molecular formula is C35H42N4. The van der Waals surface area contributed by atoms with Crippen LogP contribution in [0.3, 0.4) is 0 Å². The van der Waals surface area contributed by atoms with Gasteiger partial charge in [0.15, 0.2) is 0 Å². The molecule has 5 heterocycles. The summed E-state index contributed by atoms with van der Waals surface area (Å²) in [6, 6.07) is 6.91. The molecular weight excluding hydrogens is 476 g/mol. The van der Waals surface area contributed by atoms with E-state index < -0.39 is 0 Å². The van der Waals surface area contributed by atoms with E-state index in [1.54, 1.807) is 0 Å². The van der Waals surface area contributed by atoms with Gasteiger partial charge in [-0.15, -0.1) is 0 Å². The zero-order valence-electron chi connectivity index (χ0n) is 24.8. The zero-order chi connectivity index (χ0) is 27.4. The van der Waals surface area contributed by atoms with E-state index in [1.807, 2.05) is 0 Å². The van der Waals surface area contributed by atoms with Gasteiger partial charge in [-0.3, -0.25) is 0 Å². The Bertz CT molecular complexity index is 1710. The molecule has 0 atom stereocenters. The SMILES string of the molecule is CCC1=C(C)c2cc3[nH]c(cc4[nH]c(cc5nc6c(c1n2)CCCCCC6=C5C)c(C)c4CC)c(CC)c3C. The first-order valence-electron chi connectivity index (χ1n) is 15.0. The third kappa shape index (κ3) is 4.11. The van der Waals surface area contributed by atoms with Crippen molar-refractivity contribution in [2.75, 3.05) is 0 Å². The maximum atomic E-state index is 5.39. The van der Waals surface area contributed by atoms with Gasteiger partial charge in [0.05, 0.1) is 22.8 Å². The highest BCUT2D eigenvalue weighted by molar-refractivity contribution is 5.97. The summed E-state index contributed by atoms with van der Waals surface area (Å²) in [5, 5.41) is 0. The van der Waals surface area contributed by atoms with E-state index in [1.165, 1.54) is 103 Å². The number of nitrogens with zero attached hydrogens (tertiary/aromatic N) is 2. The Balaban J connectivity index is 1.84. The number of fused-ring (bicyclic) bond motifs is 8. The lowest BCUT2D eigenvalue weighted by atomic mass is 9.89. The molecule has 4 nitrogen and oxygen atoms in total. The molecule has 2 N–H and O–H groups in total. The molecule has 3 aromatic heterocycles. The molecule has 0 unspecified atom stereocenters. The van der Waals surface area contributed by atoms with Crippen LogP contribution in [0.2, 0.25) is 0 Å². The number of allylic oxidation sites excluding steroid dienone is 4. The third-order valence-electron chi connectivity index (χ3n) is 9.45. The second kappa shape index (κ2) is 9.97. The van der Waals surface area contributed by atoms with E-state index in [0.717, 1.165) is 43.5 Å². The van der Waals surface area contributed by atoms with Gasteiger partial charge in [-0.05, 0) is 135 Å². The summed E-state index contributed by atoms with van der Waals surface area (Å²) >= 11 is 0. The first-order chi connectivity index (χ1) is 18.9. The van der Waals surface area contributed by atoms with Crippen molar-refractivity contribution in [1.29, 1.82) is 0 Å². The summed E-state index contributed by atoms with van der Waals surface area (Å²) < 4.78 is 0. The number of rotatable bonds is 3. The highest BCUT2D eigenvalue weighted by Gasteiger charge is 2.26. The number of hydrogen-bond donors (Lipinski definition) is 2. The van der Waals surface area contributed by atoms with E-state index >= 15 is 0 Å². The highest BCUT2D eigenvalue weighted by atomic mass is 14.8. The molecule has 1 aliphatic carbocycles. The third-order valence-corrected chi connectivity index (χ3v) is 9.45. The van der Waals surface area contributed by atoms with E-state index in [2.05, 4.69) is 76.6 Å². The molecule has 8 bridgehead atoms. The van der Waals surface area contributed by atoms with Crippen LogP contribution >= 0.6 is 0 Å². The van der Waals surface area contributed by atoms with E-state index in [-0.39, 0.29) is 0 Å². The number of aryl methyl sites for hydroxylation is 4. The smallest absolute Gasteiger partial charge is 0.0726 e. The quantitative estimate of drug-likeness (QED) is 0.363. The van der Waals surface area contributed by atoms with Gasteiger partial charge in [0.25, 0.3) is 0 Å². The average molecular weight is 519 g/mol. The first-order valence-corrected chi connectivity index (χ1v) is 15.0. The summed E-state index contributed by atoms with van der Waals surface area (Å²) in [5.74, 6) is 0. The summed E-state index contributed by atoms with van der Waals surface area (Å²) in [7, 11) is 0. The molecule has 39 heavy (non-hydrogen) atoms. The Kier molecular flexibility index (Phi) is 6.61. The van der Waals surface area contributed by atoms with Crippen LogP contribution in [0.15, 0.2) is 18.2 Å². The van der Waals surface area contributed by atoms with Gasteiger partial charge >= 0.3 is 0 Å². The van der Waals surface area contributed by atoms with Gasteiger partial charge in [0, 0.05) is 27.6 Å². The van der Waals surface area contributed by atoms with Crippen molar-refractivity contribution < 1.29 is 0 Å². The number of H-pyrrole nitrogens is 2. The second-order valence-electron chi connectivity index (χ2n) is 11.5. The molecule has 6 rings (SSSR count). The Hall–Kier alpha value is -3.40. The standard InChI is InChI=1S/C35H42N4/c1-8-23-19(4)28-16-30-21(6)25(10-3)34(38-30)27-15-13-11-12-14-26-22(7)31(39-35(26)27)17-29-20(5)24(9-2)33(37-29)18-32(23)36-28/h16-18,36-37H,8-15H2,1-7H3. The molecule has 0 radical (unpaired) electrons. The lowest BCUT2D eigenvalue weighted by Gasteiger charge is -2.15. The molecule has 0 fully saturated rings. The van der Waals surface area contributed by atoms with Gasteiger partial charge in [0.2, 0.25) is 0 Å². The van der Waals surface area contributed by atoms with Crippen molar-refractivity contribution in [2.45, 2.75) is 99.8 Å². The van der Waals surface area contributed by atoms with Crippen LogP contribution in [-0.4, -0.2) is 19.9 Å². The highest BCUT2D eigenvalue weighted by Crippen LogP contribution is 2.42. The van der Waals surface area contributed by atoms with Crippen molar-refractivity contribution in [2.24, 2.45) is 0 Å². The average Bonchev–Trinajstić information content (AvgIpc) is 3.57. The first kappa shape index (κ1) is 25.9. The summed E-state index contributed by atoms with van der Waals surface area (Å²) in [6.45, 7) is 15.8. The fourth-order valence-corrected chi connectivity index (χ4v) is 7.08. The van der Waals surface area contributed by atoms with E-state index in [0.29, 0.717) is 0 Å². The Labute approximate surface area is 232 Å². The summed E-state index contributed by atoms with van der Waals surface area (Å²) in [5.41, 5.74) is 21.5. The van der Waals surface area contributed by atoms with Crippen molar-refractivity contribution in [3.63, 3.8) is 0 Å². The van der Waals surface area contributed by atoms with Crippen LogP contribution in [-0.2, 0) is 19.3 Å². The van der Waals surface area contributed by atoms with Crippen LogP contribution in [0.4, 0.5) is 0 Å². The van der Waals surface area contributed by atoms with E-state index in [4.69, 9.17) is 9.97 Å². The minimum atomic E-state index is 0.979. The van der Waals surface area contributed by atoms with Gasteiger partial charge in [-0.2, -0.15) is 0 Å². The van der Waals surface area contributed by atoms with Crippen LogP contribution in [0, 0.1) is 13.8 Å². The molecule has 0 amide bonds. The topological polar surface area (TPSA) is 57.4 Å². The lowest BCUT2D eigenvalue weighted by molar-refractivity contribution is 0.677. The lowest BCUT2D eigenvalue weighted by Crippen LogP contribution is -2.02. The number of aromatic nitrogens is 4. The van der Waals surface area contributed by atoms with Crippen molar-refractivity contribution >= 4 is 44.4 Å². The fourth-order valence-electron chi connectivity index (χ4n) is 7.08. The molecule has 202 valence electrons. The molecule has 4 heteroatoms. The van der Waals surface area contributed by atoms with Crippen LogP contribution in [0.25, 0.3) is 44.4 Å². The predicted octanol–water partition coefficient (Wildman–Crippen LogP) is 9.44. The summed E-state index contributed by atoms with van der Waals surface area (Å²) in [6.07, 6.45) is 8.77. The molecule has 2 aliphatic heterocycles. The molecule has 0 saturated heterocycles. The molecule has 0 saturated carbocycles. The number of hydrogen-bond acceptors (Lipinski definition) is 2.